The van der Waals surface area contributed by atoms with Crippen molar-refractivity contribution in [2.45, 2.75) is 12.5 Å². The van der Waals surface area contributed by atoms with Gasteiger partial charge in [-0.1, -0.05) is 65.7 Å². The highest BCUT2D eigenvalue weighted by atomic mass is 35.5. The molecule has 1 aliphatic heterocycles. The number of amides is 1. The van der Waals surface area contributed by atoms with Crippen LogP contribution in [-0.4, -0.2) is 29.8 Å². The van der Waals surface area contributed by atoms with E-state index >= 15 is 0 Å². The monoisotopic (exact) mass is 479 g/mol. The van der Waals surface area contributed by atoms with Crippen LogP contribution >= 0.6 is 23.2 Å². The maximum Gasteiger partial charge on any atom is 0.276 e. The number of rotatable bonds is 4. The van der Waals surface area contributed by atoms with Gasteiger partial charge < -0.3 is 14.8 Å². The highest BCUT2D eigenvalue weighted by molar-refractivity contribution is 6.43. The lowest BCUT2D eigenvalue weighted by atomic mass is 10.00. The zero-order chi connectivity index (χ0) is 22.9. The van der Waals surface area contributed by atoms with Gasteiger partial charge in [0.1, 0.15) is 11.3 Å². The Morgan fingerprint density at radius 2 is 1.82 bits per heavy atom. The van der Waals surface area contributed by atoms with E-state index in [1.807, 2.05) is 54.6 Å². The third-order valence-electron chi connectivity index (χ3n) is 5.67. The van der Waals surface area contributed by atoms with E-state index in [0.717, 1.165) is 22.4 Å². The number of aromatic nitrogens is 2. The Hall–Kier alpha value is -3.35. The summed E-state index contributed by atoms with van der Waals surface area (Å²) in [4.78, 5) is 13.2. The first-order valence-corrected chi connectivity index (χ1v) is 11.1. The zero-order valence-corrected chi connectivity index (χ0v) is 19.2. The molecule has 6 nitrogen and oxygen atoms in total. The van der Waals surface area contributed by atoms with E-state index in [1.165, 1.54) is 7.11 Å². The van der Waals surface area contributed by atoms with Crippen molar-refractivity contribution in [1.29, 1.82) is 0 Å². The molecule has 1 aliphatic rings. The van der Waals surface area contributed by atoms with Crippen LogP contribution in [0.1, 0.15) is 28.5 Å². The molecular weight excluding hydrogens is 461 g/mol. The fraction of sp³-hybridized carbons (Fsp3) is 0.160. The standard InChI is InChI=1S/C25H19Cl2N3O3/c1-32-24-17-9-4-8-15(14-7-5-10-18(26)21(14)27)22(17)29-30-23(24)25(31)28-19-12-13-33-20-11-3-2-6-16(19)20/h2-11,19H,12-13H2,1H3,(H,28,31)/t19-/m0/s1. The summed E-state index contributed by atoms with van der Waals surface area (Å²) in [5.74, 6) is 0.751. The first-order chi connectivity index (χ1) is 16.1. The van der Waals surface area contributed by atoms with Crippen LogP contribution in [0.2, 0.25) is 10.0 Å². The van der Waals surface area contributed by atoms with Crippen molar-refractivity contribution in [3.05, 3.63) is 82.0 Å². The van der Waals surface area contributed by atoms with Gasteiger partial charge in [-0.15, -0.1) is 10.2 Å². The van der Waals surface area contributed by atoms with Crippen molar-refractivity contribution in [2.75, 3.05) is 13.7 Å². The number of nitrogens with one attached hydrogen (secondary N) is 1. The maximum absolute atomic E-state index is 13.2. The Bertz CT molecular complexity index is 1380. The predicted molar refractivity (Wildman–Crippen MR) is 128 cm³/mol. The van der Waals surface area contributed by atoms with Gasteiger partial charge in [-0.25, -0.2) is 0 Å². The first-order valence-electron chi connectivity index (χ1n) is 10.4. The fourth-order valence-electron chi connectivity index (χ4n) is 4.11. The molecule has 0 saturated heterocycles. The van der Waals surface area contributed by atoms with E-state index in [1.54, 1.807) is 6.07 Å². The van der Waals surface area contributed by atoms with Gasteiger partial charge in [-0.2, -0.15) is 0 Å². The van der Waals surface area contributed by atoms with Crippen LogP contribution in [0.3, 0.4) is 0 Å². The molecule has 3 aromatic carbocycles. The lowest BCUT2D eigenvalue weighted by Gasteiger charge is -2.26. The van der Waals surface area contributed by atoms with Gasteiger partial charge in [-0.05, 0) is 18.2 Å². The quantitative estimate of drug-likeness (QED) is 0.396. The largest absolute Gasteiger partial charge is 0.493 e. The molecule has 33 heavy (non-hydrogen) atoms. The van der Waals surface area contributed by atoms with E-state index in [0.29, 0.717) is 39.7 Å². The Kier molecular flexibility index (Phi) is 5.79. The summed E-state index contributed by atoms with van der Waals surface area (Å²) in [7, 11) is 1.51. The van der Waals surface area contributed by atoms with Gasteiger partial charge >= 0.3 is 0 Å². The molecule has 0 spiro atoms. The van der Waals surface area contributed by atoms with Crippen molar-refractivity contribution in [1.82, 2.24) is 15.5 Å². The van der Waals surface area contributed by atoms with Crippen LogP contribution in [0.4, 0.5) is 0 Å². The summed E-state index contributed by atoms with van der Waals surface area (Å²) in [6.07, 6.45) is 0.656. The molecule has 1 N–H and O–H groups in total. The maximum atomic E-state index is 13.2. The molecule has 0 radical (unpaired) electrons. The molecule has 166 valence electrons. The molecule has 4 aromatic rings. The number of para-hydroxylation sites is 1. The fourth-order valence-corrected chi connectivity index (χ4v) is 4.51. The van der Waals surface area contributed by atoms with Gasteiger partial charge in [0.15, 0.2) is 11.4 Å². The van der Waals surface area contributed by atoms with Crippen molar-refractivity contribution in [2.24, 2.45) is 0 Å². The molecule has 8 heteroatoms. The van der Waals surface area contributed by atoms with Crippen molar-refractivity contribution in [3.8, 4) is 22.6 Å². The number of hydrogen-bond acceptors (Lipinski definition) is 5. The van der Waals surface area contributed by atoms with Crippen LogP contribution in [0, 0.1) is 0 Å². The van der Waals surface area contributed by atoms with Gasteiger partial charge in [0, 0.05) is 28.5 Å². The highest BCUT2D eigenvalue weighted by Crippen LogP contribution is 2.39. The summed E-state index contributed by atoms with van der Waals surface area (Å²) < 4.78 is 11.3. The van der Waals surface area contributed by atoms with Crippen molar-refractivity contribution < 1.29 is 14.3 Å². The molecule has 0 aliphatic carbocycles. The number of ether oxygens (including phenoxy) is 2. The van der Waals surface area contributed by atoms with Crippen LogP contribution in [0.15, 0.2) is 60.7 Å². The summed E-state index contributed by atoms with van der Waals surface area (Å²) in [5, 5.41) is 13.2. The number of nitrogens with zero attached hydrogens (tertiary/aromatic N) is 2. The van der Waals surface area contributed by atoms with Gasteiger partial charge in [-0.3, -0.25) is 4.79 Å². The van der Waals surface area contributed by atoms with E-state index in [9.17, 15) is 4.79 Å². The summed E-state index contributed by atoms with van der Waals surface area (Å²) in [5.41, 5.74) is 3.08. The molecule has 0 saturated carbocycles. The third-order valence-corrected chi connectivity index (χ3v) is 6.49. The Labute approximate surface area is 200 Å². The Morgan fingerprint density at radius 3 is 2.67 bits per heavy atom. The first kappa shape index (κ1) is 21.5. The summed E-state index contributed by atoms with van der Waals surface area (Å²) >= 11 is 12.7. The van der Waals surface area contributed by atoms with E-state index in [2.05, 4.69) is 15.5 Å². The van der Waals surface area contributed by atoms with Crippen LogP contribution in [0.25, 0.3) is 22.0 Å². The molecule has 0 unspecified atom stereocenters. The number of carbonyl (C=O) groups excluding carboxylic acids is 1. The molecule has 1 aromatic heterocycles. The van der Waals surface area contributed by atoms with Gasteiger partial charge in [0.2, 0.25) is 0 Å². The number of methoxy groups -OCH3 is 1. The molecule has 1 amide bonds. The molecule has 1 atom stereocenters. The smallest absolute Gasteiger partial charge is 0.276 e. The second-order valence-corrected chi connectivity index (χ2v) is 8.37. The second kappa shape index (κ2) is 8.89. The molecular formula is C25H19Cl2N3O3. The molecule has 0 fully saturated rings. The Morgan fingerprint density at radius 1 is 1.03 bits per heavy atom. The third kappa shape index (κ3) is 3.86. The number of hydrogen-bond donors (Lipinski definition) is 1. The van der Waals surface area contributed by atoms with E-state index < -0.39 is 0 Å². The molecule has 0 bridgehead atoms. The second-order valence-electron chi connectivity index (χ2n) is 7.59. The van der Waals surface area contributed by atoms with Gasteiger partial charge in [0.25, 0.3) is 5.91 Å². The lowest BCUT2D eigenvalue weighted by Crippen LogP contribution is -2.33. The average Bonchev–Trinajstić information content (AvgIpc) is 2.85. The predicted octanol–water partition coefficient (Wildman–Crippen LogP) is 5.87. The minimum absolute atomic E-state index is 0.114. The minimum Gasteiger partial charge on any atom is -0.493 e. The number of fused-ring (bicyclic) bond motifs is 2. The zero-order valence-electron chi connectivity index (χ0n) is 17.6. The van der Waals surface area contributed by atoms with Gasteiger partial charge in [0.05, 0.1) is 29.8 Å². The molecule has 5 rings (SSSR count). The average molecular weight is 480 g/mol. The van der Waals surface area contributed by atoms with Crippen LogP contribution < -0.4 is 14.8 Å². The normalized spacial score (nSPS) is 14.9. The highest BCUT2D eigenvalue weighted by Gasteiger charge is 2.26. The lowest BCUT2D eigenvalue weighted by molar-refractivity contribution is 0.0915. The number of halogens is 2. The Balaban J connectivity index is 1.55. The SMILES string of the molecule is COc1c(C(=O)N[C@H]2CCOc3ccccc32)nnc2c(-c3cccc(Cl)c3Cl)cccc12. The van der Waals surface area contributed by atoms with E-state index in [4.69, 9.17) is 32.7 Å². The van der Waals surface area contributed by atoms with Crippen molar-refractivity contribution in [3.63, 3.8) is 0 Å². The summed E-state index contributed by atoms with van der Waals surface area (Å²) in [6, 6.07) is 18.5. The van der Waals surface area contributed by atoms with Crippen LogP contribution in [-0.2, 0) is 0 Å². The van der Waals surface area contributed by atoms with Crippen molar-refractivity contribution >= 4 is 40.0 Å². The van der Waals surface area contributed by atoms with Crippen LogP contribution in [0.5, 0.6) is 11.5 Å². The topological polar surface area (TPSA) is 73.3 Å². The van der Waals surface area contributed by atoms with E-state index in [-0.39, 0.29) is 17.6 Å². The number of benzene rings is 3. The minimum atomic E-state index is -0.367. The molecule has 2 heterocycles. The summed E-state index contributed by atoms with van der Waals surface area (Å²) in [6.45, 7) is 0.520. The number of carbonyl (C=O) groups is 1.